The van der Waals surface area contributed by atoms with Gasteiger partial charge in [-0.25, -0.2) is 0 Å². The third-order valence-corrected chi connectivity index (χ3v) is 5.23. The average molecular weight is 349 g/mol. The first-order chi connectivity index (χ1) is 12.6. The molecule has 1 N–H and O–H groups in total. The molecule has 26 heavy (non-hydrogen) atoms. The molecule has 134 valence electrons. The second-order valence-electron chi connectivity index (χ2n) is 7.07. The smallest absolute Gasteiger partial charge is 0.253 e. The van der Waals surface area contributed by atoms with Gasteiger partial charge in [-0.05, 0) is 43.0 Å². The van der Waals surface area contributed by atoms with Crippen molar-refractivity contribution in [2.24, 2.45) is 0 Å². The number of fused-ring (bicyclic) bond motifs is 3. The second kappa shape index (κ2) is 6.83. The Bertz CT molecular complexity index is 834. The van der Waals surface area contributed by atoms with Gasteiger partial charge in [-0.15, -0.1) is 0 Å². The Hall–Kier alpha value is -2.82. The number of rotatable bonds is 3. The number of carbonyl (C=O) groups excluding carboxylic acids is 2. The molecule has 2 aromatic carbocycles. The van der Waals surface area contributed by atoms with Crippen molar-refractivity contribution in [2.45, 2.75) is 31.8 Å². The molecular weight excluding hydrogens is 326 g/mol. The van der Waals surface area contributed by atoms with Gasteiger partial charge in [-0.2, -0.15) is 0 Å². The van der Waals surface area contributed by atoms with Crippen LogP contribution in [0, 0.1) is 0 Å². The number of hydrogen-bond donors (Lipinski definition) is 1. The molecule has 2 heterocycles. The van der Waals surface area contributed by atoms with Crippen molar-refractivity contribution in [1.29, 1.82) is 0 Å². The number of amides is 2. The van der Waals surface area contributed by atoms with Gasteiger partial charge in [0, 0.05) is 25.7 Å². The van der Waals surface area contributed by atoms with Crippen molar-refractivity contribution in [1.82, 2.24) is 4.90 Å². The Labute approximate surface area is 153 Å². The van der Waals surface area contributed by atoms with E-state index in [0.717, 1.165) is 42.7 Å². The molecule has 0 saturated carbocycles. The molecule has 5 nitrogen and oxygen atoms in total. The first kappa shape index (κ1) is 16.6. The van der Waals surface area contributed by atoms with Gasteiger partial charge in [-0.1, -0.05) is 30.3 Å². The number of nitrogens with one attached hydrogen (secondary N) is 1. The minimum atomic E-state index is -0.0708. The lowest BCUT2D eigenvalue weighted by molar-refractivity contribution is -0.118. The van der Waals surface area contributed by atoms with Crippen molar-refractivity contribution >= 4 is 23.2 Å². The molecule has 0 unspecified atom stereocenters. The second-order valence-corrected chi connectivity index (χ2v) is 7.07. The average Bonchev–Trinajstić information content (AvgIpc) is 2.68. The van der Waals surface area contributed by atoms with Gasteiger partial charge in [0.2, 0.25) is 5.91 Å². The van der Waals surface area contributed by atoms with Gasteiger partial charge >= 0.3 is 0 Å². The van der Waals surface area contributed by atoms with Crippen LogP contribution in [-0.4, -0.2) is 36.3 Å². The molecule has 4 rings (SSSR count). The van der Waals surface area contributed by atoms with E-state index in [9.17, 15) is 9.59 Å². The Morgan fingerprint density at radius 3 is 2.81 bits per heavy atom. The number of anilines is 2. The number of hydrogen-bond acceptors (Lipinski definition) is 3. The lowest BCUT2D eigenvalue weighted by atomic mass is 9.96. The lowest BCUT2D eigenvalue weighted by Crippen LogP contribution is -2.50. The molecule has 0 aliphatic carbocycles. The summed E-state index contributed by atoms with van der Waals surface area (Å²) < 4.78 is 0. The van der Waals surface area contributed by atoms with Crippen LogP contribution < -0.4 is 10.2 Å². The Kier molecular flexibility index (Phi) is 4.37. The molecule has 1 saturated heterocycles. The first-order valence-corrected chi connectivity index (χ1v) is 9.14. The monoisotopic (exact) mass is 349 g/mol. The Balaban J connectivity index is 1.56. The molecule has 0 bridgehead atoms. The standard InChI is InChI=1S/C21H23N3O2/c1-23(14-15-7-3-2-4-8-15)21(26)16-10-11-18-17(13-16)22-20(25)19-9-5-6-12-24(18)19/h2-4,7-8,10-11,13,19H,5-6,9,12,14H2,1H3,(H,22,25)/t19-/m0/s1. The van der Waals surface area contributed by atoms with Crippen LogP contribution in [0.15, 0.2) is 48.5 Å². The Morgan fingerprint density at radius 1 is 1.19 bits per heavy atom. The fourth-order valence-corrected chi connectivity index (χ4v) is 3.88. The van der Waals surface area contributed by atoms with Crippen LogP contribution in [0.5, 0.6) is 0 Å². The van der Waals surface area contributed by atoms with Crippen LogP contribution in [0.3, 0.4) is 0 Å². The third-order valence-electron chi connectivity index (χ3n) is 5.23. The predicted molar refractivity (Wildman–Crippen MR) is 102 cm³/mol. The highest BCUT2D eigenvalue weighted by Gasteiger charge is 2.34. The topological polar surface area (TPSA) is 52.7 Å². The molecule has 2 aromatic rings. The normalized spacial score (nSPS) is 18.6. The van der Waals surface area contributed by atoms with Crippen molar-refractivity contribution in [3.05, 3.63) is 59.7 Å². The van der Waals surface area contributed by atoms with Crippen molar-refractivity contribution in [2.75, 3.05) is 23.8 Å². The van der Waals surface area contributed by atoms with Gasteiger partial charge in [-0.3, -0.25) is 9.59 Å². The highest BCUT2D eigenvalue weighted by Crippen LogP contribution is 2.36. The van der Waals surface area contributed by atoms with E-state index in [1.54, 1.807) is 11.9 Å². The van der Waals surface area contributed by atoms with Gasteiger partial charge in [0.25, 0.3) is 5.91 Å². The largest absolute Gasteiger partial charge is 0.358 e. The van der Waals surface area contributed by atoms with Crippen LogP contribution in [0.4, 0.5) is 11.4 Å². The van der Waals surface area contributed by atoms with E-state index < -0.39 is 0 Å². The maximum atomic E-state index is 12.8. The van der Waals surface area contributed by atoms with Gasteiger partial charge in [0.05, 0.1) is 11.4 Å². The maximum absolute atomic E-state index is 12.8. The number of benzene rings is 2. The van der Waals surface area contributed by atoms with Crippen LogP contribution >= 0.6 is 0 Å². The van der Waals surface area contributed by atoms with Crippen molar-refractivity contribution in [3.63, 3.8) is 0 Å². The van der Waals surface area contributed by atoms with E-state index in [1.165, 1.54) is 0 Å². The minimum Gasteiger partial charge on any atom is -0.358 e. The molecule has 1 atom stereocenters. The third kappa shape index (κ3) is 3.05. The summed E-state index contributed by atoms with van der Waals surface area (Å²) in [5.74, 6) is -0.00823. The number of carbonyl (C=O) groups is 2. The van der Waals surface area contributed by atoms with E-state index in [4.69, 9.17) is 0 Å². The summed E-state index contributed by atoms with van der Waals surface area (Å²) in [5.41, 5.74) is 3.45. The van der Waals surface area contributed by atoms with E-state index in [0.29, 0.717) is 12.1 Å². The molecule has 0 radical (unpaired) electrons. The molecule has 2 aliphatic rings. The van der Waals surface area contributed by atoms with Crippen LogP contribution in [0.25, 0.3) is 0 Å². The van der Waals surface area contributed by atoms with E-state index in [-0.39, 0.29) is 17.9 Å². The molecule has 2 aliphatic heterocycles. The zero-order valence-electron chi connectivity index (χ0n) is 14.9. The zero-order valence-corrected chi connectivity index (χ0v) is 14.9. The highest BCUT2D eigenvalue weighted by atomic mass is 16.2. The predicted octanol–water partition coefficient (Wildman–Crippen LogP) is 3.27. The Morgan fingerprint density at radius 2 is 2.00 bits per heavy atom. The summed E-state index contributed by atoms with van der Waals surface area (Å²) in [6, 6.07) is 15.5. The van der Waals surface area contributed by atoms with Crippen LogP contribution in [0.1, 0.15) is 35.2 Å². The highest BCUT2D eigenvalue weighted by molar-refractivity contribution is 6.05. The van der Waals surface area contributed by atoms with Gasteiger partial charge in [0.1, 0.15) is 6.04 Å². The number of piperidine rings is 1. The SMILES string of the molecule is CN(Cc1ccccc1)C(=O)c1ccc2c(c1)NC(=O)[C@@H]1CCCCN21. The van der Waals surface area contributed by atoms with Gasteiger partial charge < -0.3 is 15.1 Å². The maximum Gasteiger partial charge on any atom is 0.253 e. The molecule has 0 spiro atoms. The van der Waals surface area contributed by atoms with E-state index in [1.807, 2.05) is 48.5 Å². The molecule has 5 heteroatoms. The van der Waals surface area contributed by atoms with Crippen molar-refractivity contribution in [3.8, 4) is 0 Å². The fraction of sp³-hybridized carbons (Fsp3) is 0.333. The molecule has 2 amide bonds. The van der Waals surface area contributed by atoms with Crippen LogP contribution in [0.2, 0.25) is 0 Å². The summed E-state index contributed by atoms with van der Waals surface area (Å²) in [4.78, 5) is 29.1. The number of nitrogens with zero attached hydrogens (tertiary/aromatic N) is 2. The molecule has 1 fully saturated rings. The lowest BCUT2D eigenvalue weighted by Gasteiger charge is -2.41. The summed E-state index contributed by atoms with van der Waals surface area (Å²) in [6.07, 6.45) is 3.08. The summed E-state index contributed by atoms with van der Waals surface area (Å²) in [5, 5.41) is 2.99. The zero-order chi connectivity index (χ0) is 18.1. The van der Waals surface area contributed by atoms with Crippen LogP contribution in [-0.2, 0) is 11.3 Å². The quantitative estimate of drug-likeness (QED) is 0.925. The molecule has 0 aromatic heterocycles. The van der Waals surface area contributed by atoms with E-state index >= 15 is 0 Å². The molecular formula is C21H23N3O2. The summed E-state index contributed by atoms with van der Waals surface area (Å²) >= 11 is 0. The van der Waals surface area contributed by atoms with E-state index in [2.05, 4.69) is 10.2 Å². The minimum absolute atomic E-state index is 0.0411. The fourth-order valence-electron chi connectivity index (χ4n) is 3.88. The first-order valence-electron chi connectivity index (χ1n) is 9.14. The summed E-state index contributed by atoms with van der Waals surface area (Å²) in [7, 11) is 1.80. The van der Waals surface area contributed by atoms with Gasteiger partial charge in [0.15, 0.2) is 0 Å². The van der Waals surface area contributed by atoms with Crippen molar-refractivity contribution < 1.29 is 9.59 Å². The summed E-state index contributed by atoms with van der Waals surface area (Å²) in [6.45, 7) is 1.45.